The Bertz CT molecular complexity index is 642. The van der Waals surface area contributed by atoms with Gasteiger partial charge in [-0.1, -0.05) is 19.3 Å². The maximum absolute atomic E-state index is 13.2. The highest BCUT2D eigenvalue weighted by Crippen LogP contribution is 2.32. The van der Waals surface area contributed by atoms with Crippen LogP contribution in [0.1, 0.15) is 47.9 Å². The van der Waals surface area contributed by atoms with Gasteiger partial charge in [0, 0.05) is 29.5 Å². The molecule has 1 atom stereocenters. The first-order chi connectivity index (χ1) is 12.7. The van der Waals surface area contributed by atoms with Crippen molar-refractivity contribution in [2.75, 3.05) is 20.3 Å². The Morgan fingerprint density at radius 1 is 1.30 bits per heavy atom. The van der Waals surface area contributed by atoms with Crippen molar-refractivity contribution in [2.45, 2.75) is 57.3 Å². The zero-order chi connectivity index (χ0) is 20.0. The van der Waals surface area contributed by atoms with E-state index in [1.807, 2.05) is 0 Å². The summed E-state index contributed by atoms with van der Waals surface area (Å²) in [5, 5.41) is 2.86. The lowest BCUT2D eigenvalue weighted by molar-refractivity contribution is -0.189. The predicted octanol–water partition coefficient (Wildman–Crippen LogP) is 3.58. The Morgan fingerprint density at radius 3 is 2.48 bits per heavy atom. The third-order valence-electron chi connectivity index (χ3n) is 4.58. The second kappa shape index (κ2) is 9.54. The fraction of sp³-hybridized carbons (Fsp3) is 0.667. The lowest BCUT2D eigenvalue weighted by Gasteiger charge is -2.32. The quantitative estimate of drug-likeness (QED) is 0.753. The molecule has 152 valence electrons. The van der Waals surface area contributed by atoms with E-state index in [0.29, 0.717) is 9.78 Å². The highest BCUT2D eigenvalue weighted by molar-refractivity contribution is 7.12. The first kappa shape index (κ1) is 21.7. The Labute approximate surface area is 160 Å². The van der Waals surface area contributed by atoms with Crippen molar-refractivity contribution in [1.82, 2.24) is 10.2 Å². The molecule has 2 amide bonds. The van der Waals surface area contributed by atoms with Gasteiger partial charge in [-0.2, -0.15) is 13.2 Å². The fourth-order valence-corrected chi connectivity index (χ4v) is 4.24. The van der Waals surface area contributed by atoms with Crippen molar-refractivity contribution in [3.05, 3.63) is 21.9 Å². The number of thiophene rings is 1. The molecule has 1 saturated carbocycles. The summed E-state index contributed by atoms with van der Waals surface area (Å²) in [4.78, 5) is 26.9. The molecule has 2 rings (SSSR count). The number of alkyl halides is 3. The Morgan fingerprint density at radius 2 is 1.96 bits per heavy atom. The number of carbonyl (C=O) groups excluding carboxylic acids is 2. The second-order valence-corrected chi connectivity index (χ2v) is 8.00. The summed E-state index contributed by atoms with van der Waals surface area (Å²) in [5.74, 6) is -2.60. The van der Waals surface area contributed by atoms with Gasteiger partial charge in [0.1, 0.15) is 6.04 Å². The summed E-state index contributed by atoms with van der Waals surface area (Å²) in [6.45, 7) is 1.38. The van der Waals surface area contributed by atoms with Gasteiger partial charge in [0.15, 0.2) is 0 Å². The lowest BCUT2D eigenvalue weighted by Crippen LogP contribution is -2.51. The molecule has 1 aromatic heterocycles. The number of ether oxygens (including phenoxy) is 1. The third-order valence-corrected chi connectivity index (χ3v) is 5.64. The number of halogens is 3. The molecular formula is C18H25F3N2O3S. The van der Waals surface area contributed by atoms with Crippen LogP contribution in [0.5, 0.6) is 0 Å². The van der Waals surface area contributed by atoms with E-state index < -0.39 is 24.0 Å². The van der Waals surface area contributed by atoms with Gasteiger partial charge in [0.05, 0.1) is 6.61 Å². The summed E-state index contributed by atoms with van der Waals surface area (Å²) in [6, 6.07) is 1.94. The summed E-state index contributed by atoms with van der Waals surface area (Å²) in [6.07, 6.45) is -0.429. The van der Waals surface area contributed by atoms with Gasteiger partial charge in [-0.05, 0) is 31.9 Å². The number of amides is 2. The maximum Gasteiger partial charge on any atom is 0.471 e. The molecule has 1 unspecified atom stereocenters. The Balaban J connectivity index is 2.32. The maximum atomic E-state index is 13.2. The van der Waals surface area contributed by atoms with Gasteiger partial charge in [0.2, 0.25) is 5.91 Å². The molecule has 1 aromatic rings. The number of methoxy groups -OCH3 is 1. The molecule has 27 heavy (non-hydrogen) atoms. The van der Waals surface area contributed by atoms with E-state index >= 15 is 0 Å². The minimum absolute atomic E-state index is 0.0694. The average Bonchev–Trinajstić information content (AvgIpc) is 3.03. The number of carbonyl (C=O) groups is 2. The van der Waals surface area contributed by atoms with Gasteiger partial charge >= 0.3 is 12.1 Å². The van der Waals surface area contributed by atoms with Crippen LogP contribution in [0.2, 0.25) is 0 Å². The highest BCUT2D eigenvalue weighted by Gasteiger charge is 2.47. The molecule has 1 aliphatic carbocycles. The summed E-state index contributed by atoms with van der Waals surface area (Å²) >= 11 is 1.21. The van der Waals surface area contributed by atoms with Crippen LogP contribution < -0.4 is 5.32 Å². The molecule has 5 nitrogen and oxygen atoms in total. The van der Waals surface area contributed by atoms with E-state index in [4.69, 9.17) is 4.74 Å². The summed E-state index contributed by atoms with van der Waals surface area (Å²) in [7, 11) is 1.34. The molecular weight excluding hydrogens is 381 g/mol. The molecule has 1 N–H and O–H groups in total. The third kappa shape index (κ3) is 5.93. The van der Waals surface area contributed by atoms with E-state index in [1.54, 1.807) is 19.1 Å². The summed E-state index contributed by atoms with van der Waals surface area (Å²) < 4.78 is 44.4. The van der Waals surface area contributed by atoms with Gasteiger partial charge < -0.3 is 15.0 Å². The molecule has 0 spiro atoms. The molecule has 1 aliphatic rings. The number of hydrogen-bond acceptors (Lipinski definition) is 4. The van der Waals surface area contributed by atoms with Gasteiger partial charge in [-0.15, -0.1) is 11.3 Å². The smallest absolute Gasteiger partial charge is 0.383 e. The zero-order valence-electron chi connectivity index (χ0n) is 15.5. The molecule has 0 bridgehead atoms. The minimum Gasteiger partial charge on any atom is -0.383 e. The molecule has 0 saturated heterocycles. The van der Waals surface area contributed by atoms with Gasteiger partial charge in [-0.25, -0.2) is 0 Å². The molecule has 0 aromatic carbocycles. The Kier molecular flexibility index (Phi) is 7.67. The molecule has 9 heteroatoms. The number of nitrogens with one attached hydrogen (secondary N) is 1. The average molecular weight is 406 g/mol. The highest BCUT2D eigenvalue weighted by atomic mass is 32.1. The minimum atomic E-state index is -5.07. The van der Waals surface area contributed by atoms with Crippen LogP contribution in [0, 0.1) is 6.92 Å². The Hall–Kier alpha value is -1.61. The number of rotatable bonds is 7. The largest absolute Gasteiger partial charge is 0.471 e. The fourth-order valence-electron chi connectivity index (χ4n) is 3.25. The number of nitrogens with zero attached hydrogens (tertiary/aromatic N) is 1. The molecule has 1 fully saturated rings. The molecule has 0 radical (unpaired) electrons. The van der Waals surface area contributed by atoms with Crippen LogP contribution in [0.25, 0.3) is 0 Å². The van der Waals surface area contributed by atoms with E-state index in [1.165, 1.54) is 18.4 Å². The second-order valence-electron chi connectivity index (χ2n) is 6.68. The van der Waals surface area contributed by atoms with Crippen molar-refractivity contribution in [2.24, 2.45) is 0 Å². The number of aryl methyl sites for hydroxylation is 1. The summed E-state index contributed by atoms with van der Waals surface area (Å²) in [5.41, 5.74) is 0. The van der Waals surface area contributed by atoms with Crippen molar-refractivity contribution in [1.29, 1.82) is 0 Å². The zero-order valence-corrected chi connectivity index (χ0v) is 16.3. The SMILES string of the molecule is COCCN(C(=O)C(F)(F)F)C(C(=O)NC1CCCCC1)c1ccc(C)s1. The van der Waals surface area contributed by atoms with Crippen molar-refractivity contribution >= 4 is 23.2 Å². The van der Waals surface area contributed by atoms with E-state index in [0.717, 1.165) is 37.0 Å². The van der Waals surface area contributed by atoms with Crippen LogP contribution in [0.4, 0.5) is 13.2 Å². The molecule has 0 aliphatic heterocycles. The topological polar surface area (TPSA) is 58.6 Å². The number of hydrogen-bond donors (Lipinski definition) is 1. The van der Waals surface area contributed by atoms with Crippen LogP contribution in [0.15, 0.2) is 12.1 Å². The first-order valence-electron chi connectivity index (χ1n) is 8.97. The van der Waals surface area contributed by atoms with Crippen LogP contribution in [-0.4, -0.2) is 49.2 Å². The molecule has 1 heterocycles. The van der Waals surface area contributed by atoms with E-state index in [-0.39, 0.29) is 19.2 Å². The van der Waals surface area contributed by atoms with Crippen molar-refractivity contribution < 1.29 is 27.5 Å². The van der Waals surface area contributed by atoms with Crippen molar-refractivity contribution in [3.63, 3.8) is 0 Å². The van der Waals surface area contributed by atoms with E-state index in [2.05, 4.69) is 5.32 Å². The first-order valence-corrected chi connectivity index (χ1v) is 9.79. The standard InChI is InChI=1S/C18H25F3N2O3S/c1-12-8-9-14(27-12)15(16(24)22-13-6-4-3-5-7-13)23(10-11-26-2)17(25)18(19,20)21/h8-9,13,15H,3-7,10-11H2,1-2H3,(H,22,24). The predicted molar refractivity (Wildman–Crippen MR) is 96.5 cm³/mol. The van der Waals surface area contributed by atoms with Gasteiger partial charge in [-0.3, -0.25) is 9.59 Å². The normalized spacial score (nSPS) is 16.8. The lowest BCUT2D eigenvalue weighted by atomic mass is 9.95. The van der Waals surface area contributed by atoms with Crippen LogP contribution >= 0.6 is 11.3 Å². The monoisotopic (exact) mass is 406 g/mol. The van der Waals surface area contributed by atoms with Gasteiger partial charge in [0.25, 0.3) is 0 Å². The van der Waals surface area contributed by atoms with E-state index in [9.17, 15) is 22.8 Å². The van der Waals surface area contributed by atoms with Crippen LogP contribution in [0.3, 0.4) is 0 Å². The van der Waals surface area contributed by atoms with Crippen LogP contribution in [-0.2, 0) is 14.3 Å². The van der Waals surface area contributed by atoms with Crippen molar-refractivity contribution in [3.8, 4) is 0 Å².